The molecule has 0 saturated carbocycles. The first kappa shape index (κ1) is 21.2. The van der Waals surface area contributed by atoms with Crippen molar-refractivity contribution < 1.29 is 52.1 Å². The topological polar surface area (TPSA) is 153 Å². The minimum absolute atomic E-state index is 0.360. The highest BCUT2D eigenvalue weighted by atomic mass is 32.5. The number of aliphatic hydroxyl groups is 2. The third kappa shape index (κ3) is 4.55. The van der Waals surface area contributed by atoms with Crippen LogP contribution in [-0.2, 0) is 43.9 Å². The maximum absolute atomic E-state index is 12.2. The summed E-state index contributed by atoms with van der Waals surface area (Å²) in [7, 11) is -4.60. The van der Waals surface area contributed by atoms with E-state index in [0.717, 1.165) is 0 Å². The monoisotopic (exact) mass is 436 g/mol. The molecular formula is C12H22O11P2S. The van der Waals surface area contributed by atoms with E-state index in [2.05, 4.69) is 0 Å². The lowest BCUT2D eigenvalue weighted by Crippen LogP contribution is -2.36. The number of rotatable bonds is 0. The highest BCUT2D eigenvalue weighted by Crippen LogP contribution is 2.51. The summed E-state index contributed by atoms with van der Waals surface area (Å²) in [6.07, 6.45) is -8.13. The van der Waals surface area contributed by atoms with Crippen molar-refractivity contribution >= 4 is 26.3 Å². The van der Waals surface area contributed by atoms with Gasteiger partial charge in [0.25, 0.3) is 0 Å². The van der Waals surface area contributed by atoms with Gasteiger partial charge in [-0.2, -0.15) is 0 Å². The van der Waals surface area contributed by atoms with Gasteiger partial charge in [0.05, 0.1) is 25.4 Å². The number of fused-ring (bicyclic) bond motifs is 3. The van der Waals surface area contributed by atoms with Crippen molar-refractivity contribution in [3.05, 3.63) is 0 Å². The number of aliphatic hydroxyl groups excluding tert-OH is 2. The molecule has 3 fully saturated rings. The second-order valence-electron chi connectivity index (χ2n) is 6.41. The van der Waals surface area contributed by atoms with Gasteiger partial charge in [0.1, 0.15) is 36.6 Å². The lowest BCUT2D eigenvalue weighted by molar-refractivity contribution is -0.0373. The zero-order chi connectivity index (χ0) is 19.3. The Balaban J connectivity index is 1.85. The zero-order valence-corrected chi connectivity index (χ0v) is 16.6. The Morgan fingerprint density at radius 3 is 2.19 bits per heavy atom. The van der Waals surface area contributed by atoms with E-state index in [9.17, 15) is 24.6 Å². The van der Waals surface area contributed by atoms with E-state index in [0.29, 0.717) is 0 Å². The van der Waals surface area contributed by atoms with Gasteiger partial charge >= 0.3 is 14.5 Å². The molecule has 11 nitrogen and oxygen atoms in total. The Morgan fingerprint density at radius 2 is 1.50 bits per heavy atom. The van der Waals surface area contributed by atoms with Crippen LogP contribution in [0.15, 0.2) is 0 Å². The van der Waals surface area contributed by atoms with Gasteiger partial charge in [0.2, 0.25) is 0 Å². The van der Waals surface area contributed by atoms with Gasteiger partial charge in [0.15, 0.2) is 0 Å². The van der Waals surface area contributed by atoms with Crippen molar-refractivity contribution in [3.8, 4) is 0 Å². The third-order valence-electron chi connectivity index (χ3n) is 4.46. The second kappa shape index (κ2) is 7.72. The number of ether oxygens (including phenoxy) is 2. The largest absolute Gasteiger partial charge is 0.472 e. The van der Waals surface area contributed by atoms with Crippen molar-refractivity contribution in [1.82, 2.24) is 0 Å². The van der Waals surface area contributed by atoms with Gasteiger partial charge < -0.3 is 34.0 Å². The summed E-state index contributed by atoms with van der Waals surface area (Å²) in [6.45, 7) is -1.50. The van der Waals surface area contributed by atoms with Crippen molar-refractivity contribution in [2.45, 2.75) is 62.7 Å². The third-order valence-corrected chi connectivity index (χ3v) is 7.00. The second-order valence-corrected chi connectivity index (χ2v) is 10.6. The molecule has 3 rings (SSSR count). The number of phosphoric acid groups is 1. The highest BCUT2D eigenvalue weighted by molar-refractivity contribution is 8.07. The van der Waals surface area contributed by atoms with Crippen LogP contribution < -0.4 is 0 Å². The first-order chi connectivity index (χ1) is 12.0. The quantitative estimate of drug-likeness (QED) is 0.359. The van der Waals surface area contributed by atoms with Crippen LogP contribution in [0.2, 0.25) is 0 Å². The molecule has 0 radical (unpaired) electrons. The molecule has 0 aromatic carbocycles. The van der Waals surface area contributed by atoms with Gasteiger partial charge in [-0.15, -0.1) is 0 Å². The van der Waals surface area contributed by atoms with Crippen molar-refractivity contribution in [2.24, 2.45) is 0 Å². The Hall–Kier alpha value is 0.480. The van der Waals surface area contributed by atoms with E-state index >= 15 is 0 Å². The van der Waals surface area contributed by atoms with Gasteiger partial charge in [-0.1, -0.05) is 0 Å². The summed E-state index contributed by atoms with van der Waals surface area (Å²) in [4.78, 5) is 20.2. The molecule has 0 aromatic heterocycles. The number of phosphoric ester groups is 1. The van der Waals surface area contributed by atoms with Crippen LogP contribution in [0, 0.1) is 0 Å². The van der Waals surface area contributed by atoms with Crippen LogP contribution in [0.4, 0.5) is 0 Å². The SMILES string of the molecule is CC1OC2COP(O)(=S)OC3C(C)OC(COP(=O)(O)OC2C1O)C3O. The van der Waals surface area contributed by atoms with Crippen LogP contribution in [0.1, 0.15) is 13.8 Å². The van der Waals surface area contributed by atoms with E-state index in [4.69, 9.17) is 39.4 Å². The number of hydrogen-bond donors (Lipinski definition) is 4. The maximum atomic E-state index is 12.2. The molecule has 10 unspecified atom stereocenters. The average Bonchev–Trinajstić information content (AvgIpc) is 2.95. The molecule has 0 spiro atoms. The van der Waals surface area contributed by atoms with Crippen LogP contribution >= 0.6 is 14.5 Å². The first-order valence-corrected chi connectivity index (χ1v) is 12.1. The van der Waals surface area contributed by atoms with Crippen LogP contribution in [-0.4, -0.2) is 82.0 Å². The minimum Gasteiger partial charge on any atom is -0.388 e. The van der Waals surface area contributed by atoms with E-state index in [1.807, 2.05) is 0 Å². The normalized spacial score (nSPS) is 56.2. The predicted molar refractivity (Wildman–Crippen MR) is 88.7 cm³/mol. The lowest BCUT2D eigenvalue weighted by Gasteiger charge is -2.26. The van der Waals surface area contributed by atoms with E-state index in [1.165, 1.54) is 0 Å². The van der Waals surface area contributed by atoms with Gasteiger partial charge in [0, 0.05) is 0 Å². The Labute approximate surface area is 155 Å². The van der Waals surface area contributed by atoms with Crippen LogP contribution in [0.5, 0.6) is 0 Å². The maximum Gasteiger partial charge on any atom is 0.472 e. The summed E-state index contributed by atoms with van der Waals surface area (Å²) in [5, 5.41) is 20.4. The van der Waals surface area contributed by atoms with E-state index < -0.39 is 70.0 Å². The molecule has 4 N–H and O–H groups in total. The fourth-order valence-corrected chi connectivity index (χ4v) is 5.54. The molecule has 3 heterocycles. The molecule has 0 amide bonds. The summed E-state index contributed by atoms with van der Waals surface area (Å²) >= 11 is 4.95. The summed E-state index contributed by atoms with van der Waals surface area (Å²) in [6, 6.07) is 0. The molecule has 0 aromatic rings. The molecule has 26 heavy (non-hydrogen) atoms. The van der Waals surface area contributed by atoms with Crippen molar-refractivity contribution in [2.75, 3.05) is 13.2 Å². The lowest BCUT2D eigenvalue weighted by atomic mass is 10.1. The summed E-state index contributed by atoms with van der Waals surface area (Å²) in [5.74, 6) is 0. The molecule has 3 aliphatic rings. The molecule has 2 bridgehead atoms. The Kier molecular flexibility index (Phi) is 6.29. The molecule has 3 aliphatic heterocycles. The van der Waals surface area contributed by atoms with Crippen LogP contribution in [0.25, 0.3) is 0 Å². The first-order valence-electron chi connectivity index (χ1n) is 7.97. The molecule has 10 atom stereocenters. The van der Waals surface area contributed by atoms with E-state index in [-0.39, 0.29) is 6.61 Å². The van der Waals surface area contributed by atoms with Crippen LogP contribution in [0.3, 0.4) is 0 Å². The molecule has 152 valence electrons. The zero-order valence-electron chi connectivity index (χ0n) is 14.0. The summed E-state index contributed by atoms with van der Waals surface area (Å²) < 4.78 is 43.6. The molecule has 0 aliphatic carbocycles. The molecule has 3 saturated heterocycles. The van der Waals surface area contributed by atoms with Crippen molar-refractivity contribution in [3.63, 3.8) is 0 Å². The predicted octanol–water partition coefficient (Wildman–Crippen LogP) is -0.583. The van der Waals surface area contributed by atoms with Gasteiger partial charge in [-0.3, -0.25) is 13.6 Å². The fraction of sp³-hybridized carbons (Fsp3) is 1.00. The smallest absolute Gasteiger partial charge is 0.388 e. The summed E-state index contributed by atoms with van der Waals surface area (Å²) in [5.41, 5.74) is 0. The molecule has 14 heteroatoms. The average molecular weight is 436 g/mol. The highest BCUT2D eigenvalue weighted by Gasteiger charge is 2.50. The van der Waals surface area contributed by atoms with Crippen molar-refractivity contribution in [1.29, 1.82) is 0 Å². The van der Waals surface area contributed by atoms with Gasteiger partial charge in [-0.05, 0) is 25.7 Å². The standard InChI is InChI=1S/C12H22O11P2S/c1-5-9(13)12-8(20-5)4-19-25(17,26)23-11-6(2)21-7(10(11)14)3-18-24(15,16)22-12/h5-14H,3-4H2,1-2H3,(H,15,16)(H,17,26). The number of hydrogen-bond acceptors (Lipinski definition) is 10. The molecular weight excluding hydrogens is 414 g/mol. The minimum atomic E-state index is -4.60. The Bertz CT molecular complexity index is 620. The van der Waals surface area contributed by atoms with Gasteiger partial charge in [-0.25, -0.2) is 4.57 Å². The Morgan fingerprint density at radius 1 is 0.885 bits per heavy atom. The fourth-order valence-electron chi connectivity index (χ4n) is 3.10. The van der Waals surface area contributed by atoms with E-state index in [1.54, 1.807) is 13.8 Å².